The molecule has 0 heterocycles. The molecular formula is C22H35NO3. The van der Waals surface area contributed by atoms with E-state index in [1.165, 1.54) is 0 Å². The van der Waals surface area contributed by atoms with E-state index in [1.54, 1.807) is 0 Å². The largest absolute Gasteiger partial charge is 0.480 e. The molecule has 0 aliphatic rings. The number of nitrogens with one attached hydrogen (secondary N) is 1. The molecule has 4 nitrogen and oxygen atoms in total. The Balaban J connectivity index is 4.91. The van der Waals surface area contributed by atoms with Gasteiger partial charge >= 0.3 is 5.97 Å². The van der Waals surface area contributed by atoms with E-state index in [0.717, 1.165) is 19.3 Å². The van der Waals surface area contributed by atoms with Crippen molar-refractivity contribution in [2.45, 2.75) is 71.1 Å². The van der Waals surface area contributed by atoms with Crippen LogP contribution in [0, 0.1) is 0 Å². The van der Waals surface area contributed by atoms with Crippen LogP contribution in [-0.2, 0) is 9.59 Å². The van der Waals surface area contributed by atoms with Crippen molar-refractivity contribution < 1.29 is 25.7 Å². The lowest BCUT2D eigenvalue weighted by atomic mass is 10.2. The molecule has 0 fully saturated rings. The van der Waals surface area contributed by atoms with Gasteiger partial charge in [-0.15, -0.1) is 0 Å². The van der Waals surface area contributed by atoms with Gasteiger partial charge in [0.05, 0.1) is 11.0 Å². The molecule has 146 valence electrons. The van der Waals surface area contributed by atoms with E-state index < -0.39 is 18.4 Å². The van der Waals surface area contributed by atoms with Crippen molar-refractivity contribution >= 4 is 11.9 Å². The minimum absolute atomic E-state index is 0.000549. The summed E-state index contributed by atoms with van der Waals surface area (Å²) in [6.45, 7) is 1.55. The summed E-state index contributed by atoms with van der Waals surface area (Å²) < 4.78 is 63.5. The highest BCUT2D eigenvalue weighted by Crippen LogP contribution is 2.01. The molecular weight excluding hydrogens is 326 g/mol. The van der Waals surface area contributed by atoms with E-state index in [0.29, 0.717) is 6.42 Å². The van der Waals surface area contributed by atoms with Gasteiger partial charge in [-0.05, 0) is 44.9 Å². The van der Waals surface area contributed by atoms with Crippen molar-refractivity contribution in [1.29, 1.82) is 0 Å². The Bertz CT molecular complexity index is 834. The lowest BCUT2D eigenvalue weighted by molar-refractivity contribution is -0.137. The Morgan fingerprint density at radius 2 is 1.35 bits per heavy atom. The number of carbonyl (C=O) groups excluding carboxylic acids is 1. The van der Waals surface area contributed by atoms with E-state index in [1.807, 2.05) is 6.92 Å². The van der Waals surface area contributed by atoms with Crippen molar-refractivity contribution in [3.63, 3.8) is 0 Å². The fourth-order valence-corrected chi connectivity index (χ4v) is 1.75. The molecule has 4 heteroatoms. The number of unbranched alkanes of at least 4 members (excludes halogenated alkanes) is 2. The molecule has 26 heavy (non-hydrogen) atoms. The molecule has 0 aliphatic carbocycles. The molecule has 0 rings (SSSR count). The average molecular weight is 370 g/mol. The van der Waals surface area contributed by atoms with Gasteiger partial charge in [0.1, 0.15) is 6.54 Å². The molecule has 2 N–H and O–H groups in total. The third-order valence-electron chi connectivity index (χ3n) is 3.08. The second kappa shape index (κ2) is 19.2. The summed E-state index contributed by atoms with van der Waals surface area (Å²) in [5.74, 6) is -1.63. The third-order valence-corrected chi connectivity index (χ3v) is 3.08. The second-order valence-corrected chi connectivity index (χ2v) is 5.43. The highest BCUT2D eigenvalue weighted by molar-refractivity contribution is 5.80. The molecule has 0 atom stereocenters. The molecule has 0 bridgehead atoms. The lowest BCUT2D eigenvalue weighted by Gasteiger charge is -2.00. The van der Waals surface area contributed by atoms with Crippen LogP contribution in [0.15, 0.2) is 48.4 Å². The van der Waals surface area contributed by atoms with E-state index in [4.69, 9.17) is 16.1 Å². The Morgan fingerprint density at radius 1 is 0.846 bits per heavy atom. The van der Waals surface area contributed by atoms with Crippen LogP contribution in [0.4, 0.5) is 0 Å². The fraction of sp³-hybridized carbons (Fsp3) is 0.545. The van der Waals surface area contributed by atoms with Crippen LogP contribution in [0.1, 0.15) is 82.1 Å². The van der Waals surface area contributed by atoms with E-state index in [-0.39, 0.29) is 86.9 Å². The lowest BCUT2D eigenvalue weighted by Crippen LogP contribution is -2.28. The molecule has 0 aromatic carbocycles. The molecule has 0 unspecified atom stereocenters. The first-order chi connectivity index (χ1) is 15.9. The van der Waals surface area contributed by atoms with Crippen LogP contribution in [-0.4, -0.2) is 23.5 Å². The third kappa shape index (κ3) is 19.9. The molecule has 0 aliphatic heterocycles. The maximum atomic E-state index is 11.5. The first-order valence-electron chi connectivity index (χ1n) is 13.0. The van der Waals surface area contributed by atoms with E-state index in [9.17, 15) is 9.59 Å². The highest BCUT2D eigenvalue weighted by atomic mass is 16.4. The monoisotopic (exact) mass is 369 g/mol. The summed E-state index contributed by atoms with van der Waals surface area (Å²) in [5.41, 5.74) is 0. The van der Waals surface area contributed by atoms with Crippen molar-refractivity contribution in [1.82, 2.24) is 5.32 Å². The highest BCUT2D eigenvalue weighted by Gasteiger charge is 2.02. The first kappa shape index (κ1) is 13.1. The normalized spacial score (nSPS) is 19.4. The molecule has 0 aromatic heterocycles. The Morgan fingerprint density at radius 3 is 1.85 bits per heavy atom. The number of amides is 1. The van der Waals surface area contributed by atoms with Crippen LogP contribution < -0.4 is 5.32 Å². The zero-order chi connectivity index (χ0) is 26.3. The number of rotatable bonds is 16. The number of allylic oxidation sites excluding steroid dienone is 8. The van der Waals surface area contributed by atoms with E-state index in [2.05, 4.69) is 5.32 Å². The van der Waals surface area contributed by atoms with Crippen molar-refractivity contribution in [3.05, 3.63) is 48.4 Å². The van der Waals surface area contributed by atoms with Gasteiger partial charge in [-0.1, -0.05) is 68.2 Å². The SMILES string of the molecule is [2H]/C(CCCC(=O)NCC(=O)O)=C(\[2H])C/C([2H])=C(/[2H])C/C([2H])=C(/[2H])C/C([2H])=C(\[2H])CCCCC. The van der Waals surface area contributed by atoms with Crippen LogP contribution in [0.3, 0.4) is 0 Å². The van der Waals surface area contributed by atoms with Crippen LogP contribution in [0.5, 0.6) is 0 Å². The number of carbonyl (C=O) groups is 2. The van der Waals surface area contributed by atoms with Gasteiger partial charge in [-0.3, -0.25) is 9.59 Å². The molecule has 0 radical (unpaired) electrons. The van der Waals surface area contributed by atoms with Gasteiger partial charge in [0, 0.05) is 6.42 Å². The maximum Gasteiger partial charge on any atom is 0.322 e. The summed E-state index contributed by atoms with van der Waals surface area (Å²) in [5, 5.41) is 10.7. The van der Waals surface area contributed by atoms with Crippen molar-refractivity contribution in [2.24, 2.45) is 0 Å². The fourth-order valence-electron chi connectivity index (χ4n) is 1.75. The quantitative estimate of drug-likeness (QED) is 0.285. The predicted molar refractivity (Wildman–Crippen MR) is 109 cm³/mol. The van der Waals surface area contributed by atoms with Gasteiger partial charge in [0.25, 0.3) is 0 Å². The zero-order valence-electron chi connectivity index (χ0n) is 23.5. The molecule has 0 saturated heterocycles. The molecule has 0 spiro atoms. The minimum atomic E-state index is -1.16. The Labute approximate surface area is 170 Å². The number of hydrogen-bond donors (Lipinski definition) is 2. The number of carboxylic acids is 1. The summed E-state index contributed by atoms with van der Waals surface area (Å²) in [6.07, 6.45) is 2.75. The first-order valence-corrected chi connectivity index (χ1v) is 8.98. The Hall–Kier alpha value is -2.10. The zero-order valence-corrected chi connectivity index (χ0v) is 15.5. The smallest absolute Gasteiger partial charge is 0.322 e. The van der Waals surface area contributed by atoms with Crippen LogP contribution >= 0.6 is 0 Å². The maximum absolute atomic E-state index is 11.5. The molecule has 0 aromatic rings. The van der Waals surface area contributed by atoms with Crippen molar-refractivity contribution in [2.75, 3.05) is 6.54 Å². The van der Waals surface area contributed by atoms with Gasteiger partial charge in [0.2, 0.25) is 5.91 Å². The van der Waals surface area contributed by atoms with Crippen LogP contribution in [0.25, 0.3) is 0 Å². The minimum Gasteiger partial charge on any atom is -0.480 e. The standard InChI is InChI=1S/C22H35NO3/c1-2-3-4-5-6-7-8-9-10-11-12-13-14-15-16-17-18-19-21(24)23-20-22(25)26/h6-7,9-10,12-13,15-16H,2-5,8,11,14,17-20H2,1H3,(H,23,24)(H,25,26)/b7-6+,10-9-,13-12-,16-15-/i6D,7D,9D,10D,12D,13D,15D,16D. The van der Waals surface area contributed by atoms with Crippen molar-refractivity contribution in [3.8, 4) is 0 Å². The summed E-state index contributed by atoms with van der Waals surface area (Å²) in [7, 11) is 0. The summed E-state index contributed by atoms with van der Waals surface area (Å²) in [6, 6.07) is -1.11. The average Bonchev–Trinajstić information content (AvgIpc) is 2.77. The van der Waals surface area contributed by atoms with Gasteiger partial charge < -0.3 is 10.4 Å². The summed E-state index contributed by atoms with van der Waals surface area (Å²) in [4.78, 5) is 21.9. The number of carboxylic acid groups (broad SMARTS) is 1. The van der Waals surface area contributed by atoms with Crippen LogP contribution in [0.2, 0.25) is 0 Å². The van der Waals surface area contributed by atoms with Gasteiger partial charge in [-0.2, -0.15) is 0 Å². The van der Waals surface area contributed by atoms with E-state index >= 15 is 0 Å². The topological polar surface area (TPSA) is 66.4 Å². The summed E-state index contributed by atoms with van der Waals surface area (Å²) >= 11 is 0. The Kier molecular flexibility index (Phi) is 9.71. The van der Waals surface area contributed by atoms with Gasteiger partial charge in [-0.25, -0.2) is 0 Å². The second-order valence-electron chi connectivity index (χ2n) is 5.43. The van der Waals surface area contributed by atoms with Gasteiger partial charge in [0.15, 0.2) is 0 Å². The molecule has 1 amide bonds. The molecule has 0 saturated carbocycles. The number of hydrogen-bond acceptors (Lipinski definition) is 2. The number of aliphatic carboxylic acids is 1. The predicted octanol–water partition coefficient (Wildman–Crippen LogP) is 5.33.